The third kappa shape index (κ3) is 4.35. The Bertz CT molecular complexity index is 765. The van der Waals surface area contributed by atoms with Crippen molar-refractivity contribution in [2.75, 3.05) is 20.0 Å². The summed E-state index contributed by atoms with van der Waals surface area (Å²) < 4.78 is 12.2. The van der Waals surface area contributed by atoms with E-state index < -0.39 is 0 Å². The number of thioether (sulfide) groups is 1. The van der Waals surface area contributed by atoms with E-state index in [0.717, 1.165) is 12.8 Å². The maximum absolute atomic E-state index is 12.8. The fraction of sp³-hybridized carbons (Fsp3) is 0.556. The molecule has 1 amide bonds. The van der Waals surface area contributed by atoms with E-state index in [-0.39, 0.29) is 18.0 Å². The molecule has 1 saturated heterocycles. The second-order valence-electron chi connectivity index (χ2n) is 6.66. The molecule has 0 radical (unpaired) electrons. The number of carbonyl (C=O) groups excluding carboxylic acids is 1. The van der Waals surface area contributed by atoms with Gasteiger partial charge in [-0.25, -0.2) is 0 Å². The molecule has 1 fully saturated rings. The highest BCUT2D eigenvalue weighted by Gasteiger charge is 2.29. The normalized spacial score (nSPS) is 19.8. The number of ether oxygens (including phenoxy) is 2. The van der Waals surface area contributed by atoms with Crippen molar-refractivity contribution < 1.29 is 14.3 Å². The van der Waals surface area contributed by atoms with Crippen LogP contribution in [-0.4, -0.2) is 63.1 Å². The zero-order chi connectivity index (χ0) is 19.4. The largest absolute Gasteiger partial charge is 0.497 e. The first-order valence-corrected chi connectivity index (χ1v) is 9.97. The predicted molar refractivity (Wildman–Crippen MR) is 103 cm³/mol. The molecule has 2 atom stereocenters. The average Bonchev–Trinajstić information content (AvgIpc) is 3.14. The first-order valence-electron chi connectivity index (χ1n) is 8.99. The molecule has 1 aliphatic rings. The number of tetrazole rings is 1. The molecule has 3 rings (SSSR count). The monoisotopic (exact) mass is 391 g/mol. The lowest BCUT2D eigenvalue weighted by Gasteiger charge is -2.39. The molecule has 0 bridgehead atoms. The van der Waals surface area contributed by atoms with E-state index in [1.54, 1.807) is 25.0 Å². The zero-order valence-corrected chi connectivity index (χ0v) is 16.9. The highest BCUT2D eigenvalue weighted by molar-refractivity contribution is 7.99. The highest BCUT2D eigenvalue weighted by Crippen LogP contribution is 2.28. The molecular weight excluding hydrogens is 366 g/mol. The van der Waals surface area contributed by atoms with Gasteiger partial charge in [0, 0.05) is 30.3 Å². The topological polar surface area (TPSA) is 82.4 Å². The van der Waals surface area contributed by atoms with Crippen LogP contribution in [0.15, 0.2) is 23.4 Å². The SMILES string of the molecule is COc1cc(OC)cc(-n2nnnc2SCC(=O)N2[C@H](C)CCC[C@H]2C)c1. The van der Waals surface area contributed by atoms with Gasteiger partial charge >= 0.3 is 0 Å². The maximum Gasteiger partial charge on any atom is 0.233 e. The van der Waals surface area contributed by atoms with Crippen molar-refractivity contribution in [2.24, 2.45) is 0 Å². The number of hydrogen-bond donors (Lipinski definition) is 0. The van der Waals surface area contributed by atoms with Crippen LogP contribution in [0.5, 0.6) is 11.5 Å². The Hall–Kier alpha value is -2.29. The van der Waals surface area contributed by atoms with E-state index in [0.29, 0.717) is 28.1 Å². The van der Waals surface area contributed by atoms with Crippen LogP contribution < -0.4 is 9.47 Å². The predicted octanol–water partition coefficient (Wildman–Crippen LogP) is 2.56. The molecule has 0 spiro atoms. The molecule has 2 aromatic rings. The molecule has 9 heteroatoms. The third-order valence-corrected chi connectivity index (χ3v) is 5.73. The molecule has 0 aliphatic carbocycles. The number of benzene rings is 1. The van der Waals surface area contributed by atoms with Gasteiger partial charge < -0.3 is 14.4 Å². The number of nitrogens with zero attached hydrogens (tertiary/aromatic N) is 5. The van der Waals surface area contributed by atoms with Crippen LogP contribution in [0.1, 0.15) is 33.1 Å². The number of amides is 1. The lowest BCUT2D eigenvalue weighted by atomic mass is 9.98. The Kier molecular flexibility index (Phi) is 6.20. The molecular formula is C18H25N5O3S. The number of likely N-dealkylation sites (tertiary alicyclic amines) is 1. The van der Waals surface area contributed by atoms with E-state index >= 15 is 0 Å². The Labute approximate surface area is 163 Å². The summed E-state index contributed by atoms with van der Waals surface area (Å²) in [5, 5.41) is 12.4. The van der Waals surface area contributed by atoms with Crippen LogP contribution in [0, 0.1) is 0 Å². The van der Waals surface area contributed by atoms with E-state index in [4.69, 9.17) is 9.47 Å². The van der Waals surface area contributed by atoms with Gasteiger partial charge in [-0.15, -0.1) is 5.10 Å². The summed E-state index contributed by atoms with van der Waals surface area (Å²) in [6.45, 7) is 4.23. The van der Waals surface area contributed by atoms with Crippen LogP contribution in [0.25, 0.3) is 5.69 Å². The molecule has 0 saturated carbocycles. The van der Waals surface area contributed by atoms with Gasteiger partial charge in [-0.05, 0) is 43.5 Å². The zero-order valence-electron chi connectivity index (χ0n) is 16.1. The van der Waals surface area contributed by atoms with Crippen molar-refractivity contribution >= 4 is 17.7 Å². The molecule has 2 heterocycles. The molecule has 1 aromatic carbocycles. The van der Waals surface area contributed by atoms with Gasteiger partial charge in [-0.2, -0.15) is 4.68 Å². The van der Waals surface area contributed by atoms with Crippen LogP contribution >= 0.6 is 11.8 Å². The summed E-state index contributed by atoms with van der Waals surface area (Å²) in [5.41, 5.74) is 0.714. The average molecular weight is 391 g/mol. The minimum absolute atomic E-state index is 0.123. The Morgan fingerprint density at radius 2 is 1.78 bits per heavy atom. The van der Waals surface area contributed by atoms with Gasteiger partial charge in [-0.1, -0.05) is 11.8 Å². The number of rotatable bonds is 6. The third-order valence-electron chi connectivity index (χ3n) is 4.83. The highest BCUT2D eigenvalue weighted by atomic mass is 32.2. The minimum Gasteiger partial charge on any atom is -0.497 e. The van der Waals surface area contributed by atoms with Gasteiger partial charge in [0.25, 0.3) is 0 Å². The van der Waals surface area contributed by atoms with Gasteiger partial charge in [0.1, 0.15) is 11.5 Å². The van der Waals surface area contributed by atoms with Crippen molar-refractivity contribution in [1.82, 2.24) is 25.1 Å². The van der Waals surface area contributed by atoms with Crippen molar-refractivity contribution in [3.8, 4) is 17.2 Å². The van der Waals surface area contributed by atoms with E-state index in [2.05, 4.69) is 29.4 Å². The molecule has 8 nitrogen and oxygen atoms in total. The fourth-order valence-electron chi connectivity index (χ4n) is 3.46. The van der Waals surface area contributed by atoms with Gasteiger partial charge in [0.2, 0.25) is 11.1 Å². The quantitative estimate of drug-likeness (QED) is 0.700. The Morgan fingerprint density at radius 3 is 2.37 bits per heavy atom. The number of methoxy groups -OCH3 is 2. The molecule has 1 aliphatic heterocycles. The Balaban J connectivity index is 1.75. The van der Waals surface area contributed by atoms with Gasteiger partial charge in [0.15, 0.2) is 0 Å². The standard InChI is InChI=1S/C18H25N5O3S/c1-12-6-5-7-13(2)22(12)17(24)11-27-18-19-20-21-23(18)14-8-15(25-3)10-16(9-14)26-4/h8-10,12-13H,5-7,11H2,1-4H3/t12-,13-/m1/s1. The first kappa shape index (κ1) is 19.5. The van der Waals surface area contributed by atoms with Crippen molar-refractivity contribution in [3.63, 3.8) is 0 Å². The summed E-state index contributed by atoms with van der Waals surface area (Å²) in [6.07, 6.45) is 3.29. The van der Waals surface area contributed by atoms with Crippen LogP contribution in [-0.2, 0) is 4.79 Å². The molecule has 0 unspecified atom stereocenters. The lowest BCUT2D eigenvalue weighted by Crippen LogP contribution is -2.48. The maximum atomic E-state index is 12.8. The van der Waals surface area contributed by atoms with E-state index in [9.17, 15) is 4.79 Å². The molecule has 1 aromatic heterocycles. The number of hydrogen-bond acceptors (Lipinski definition) is 7. The first-order chi connectivity index (χ1) is 13.0. The van der Waals surface area contributed by atoms with Crippen LogP contribution in [0.3, 0.4) is 0 Å². The number of aromatic nitrogens is 4. The van der Waals surface area contributed by atoms with Crippen LogP contribution in [0.2, 0.25) is 0 Å². The van der Waals surface area contributed by atoms with Gasteiger partial charge in [-0.3, -0.25) is 4.79 Å². The van der Waals surface area contributed by atoms with Crippen molar-refractivity contribution in [1.29, 1.82) is 0 Å². The van der Waals surface area contributed by atoms with Crippen LogP contribution in [0.4, 0.5) is 0 Å². The summed E-state index contributed by atoms with van der Waals surface area (Å²) in [4.78, 5) is 14.7. The second-order valence-corrected chi connectivity index (χ2v) is 7.61. The van der Waals surface area contributed by atoms with Crippen molar-refractivity contribution in [3.05, 3.63) is 18.2 Å². The molecule has 27 heavy (non-hydrogen) atoms. The second kappa shape index (κ2) is 8.60. The van der Waals surface area contributed by atoms with Crippen molar-refractivity contribution in [2.45, 2.75) is 50.4 Å². The smallest absolute Gasteiger partial charge is 0.233 e. The summed E-state index contributed by atoms with van der Waals surface area (Å²) in [5.74, 6) is 1.71. The van der Waals surface area contributed by atoms with E-state index in [1.165, 1.54) is 18.2 Å². The van der Waals surface area contributed by atoms with Gasteiger partial charge in [0.05, 0.1) is 25.7 Å². The summed E-state index contributed by atoms with van der Waals surface area (Å²) in [6, 6.07) is 5.98. The fourth-order valence-corrected chi connectivity index (χ4v) is 4.22. The number of piperidine rings is 1. The number of carbonyl (C=O) groups is 1. The minimum atomic E-state index is 0.123. The van der Waals surface area contributed by atoms with E-state index in [1.807, 2.05) is 17.0 Å². The lowest BCUT2D eigenvalue weighted by molar-refractivity contribution is -0.134. The summed E-state index contributed by atoms with van der Waals surface area (Å²) >= 11 is 1.34. The Morgan fingerprint density at radius 1 is 1.15 bits per heavy atom. The molecule has 0 N–H and O–H groups in total. The summed E-state index contributed by atoms with van der Waals surface area (Å²) in [7, 11) is 3.18. The molecule has 146 valence electrons.